The molecule has 0 aliphatic carbocycles. The number of nitrogens with zero attached hydrogens (tertiary/aromatic N) is 2. The number of aromatic amines is 1. The first-order valence-electron chi connectivity index (χ1n) is 7.24. The summed E-state index contributed by atoms with van der Waals surface area (Å²) in [7, 11) is 0. The van der Waals surface area contributed by atoms with Crippen LogP contribution in [-0.2, 0) is 16.0 Å². The number of H-pyrrole nitrogens is 1. The lowest BCUT2D eigenvalue weighted by atomic mass is 9.99. The minimum atomic E-state index is -0.452. The predicted octanol–water partition coefficient (Wildman–Crippen LogP) is 2.82. The van der Waals surface area contributed by atoms with E-state index in [0.717, 1.165) is 5.56 Å². The van der Waals surface area contributed by atoms with Crippen LogP contribution in [0.5, 0.6) is 0 Å². The average Bonchev–Trinajstić information content (AvgIpc) is 2.96. The summed E-state index contributed by atoms with van der Waals surface area (Å²) >= 11 is 0. The highest BCUT2D eigenvalue weighted by Gasteiger charge is 2.26. The minimum absolute atomic E-state index is 0.217. The Hall–Kier alpha value is -2.17. The fourth-order valence-electron chi connectivity index (χ4n) is 2.09. The van der Waals surface area contributed by atoms with Crippen molar-refractivity contribution in [3.63, 3.8) is 0 Å². The van der Waals surface area contributed by atoms with Crippen molar-refractivity contribution in [2.45, 2.75) is 39.0 Å². The molecule has 5 heteroatoms. The number of hydrogen-bond acceptors (Lipinski definition) is 4. The van der Waals surface area contributed by atoms with Crippen molar-refractivity contribution in [1.82, 2.24) is 15.2 Å². The Kier molecular flexibility index (Phi) is 5.09. The molecule has 2 rings (SSSR count). The van der Waals surface area contributed by atoms with Gasteiger partial charge < -0.3 is 4.74 Å². The lowest BCUT2D eigenvalue weighted by Crippen LogP contribution is -2.19. The molecule has 0 spiro atoms. The smallest absolute Gasteiger partial charge is 0.317 e. The highest BCUT2D eigenvalue weighted by Crippen LogP contribution is 2.21. The molecule has 0 aliphatic heterocycles. The molecule has 1 aromatic carbocycles. The summed E-state index contributed by atoms with van der Waals surface area (Å²) < 4.78 is 5.17. The standard InChI is InChI=1S/C16H21N3O2/c1-4-21-16(20)13(10-12-8-6-5-7-9-12)15-17-14(11(2)3)18-19-15/h5-9,11,13H,4,10H2,1-3H3,(H,17,18,19). The number of rotatable bonds is 6. The van der Waals surface area contributed by atoms with Crippen molar-refractivity contribution in [3.05, 3.63) is 47.5 Å². The monoisotopic (exact) mass is 287 g/mol. The van der Waals surface area contributed by atoms with Gasteiger partial charge in [0.05, 0.1) is 6.61 Å². The van der Waals surface area contributed by atoms with Gasteiger partial charge >= 0.3 is 5.97 Å². The van der Waals surface area contributed by atoms with E-state index in [9.17, 15) is 4.79 Å². The van der Waals surface area contributed by atoms with Gasteiger partial charge in [-0.2, -0.15) is 5.10 Å². The molecule has 1 aromatic heterocycles. The molecule has 1 N–H and O–H groups in total. The molecule has 2 aromatic rings. The second-order valence-corrected chi connectivity index (χ2v) is 5.23. The van der Waals surface area contributed by atoms with Crippen LogP contribution in [-0.4, -0.2) is 27.8 Å². The van der Waals surface area contributed by atoms with E-state index in [4.69, 9.17) is 4.74 Å². The summed E-state index contributed by atoms with van der Waals surface area (Å²) in [4.78, 5) is 16.7. The van der Waals surface area contributed by atoms with Crippen LogP contribution in [0, 0.1) is 0 Å². The lowest BCUT2D eigenvalue weighted by molar-refractivity contribution is -0.145. The van der Waals surface area contributed by atoms with E-state index >= 15 is 0 Å². The summed E-state index contributed by atoms with van der Waals surface area (Å²) in [5.41, 5.74) is 1.07. The molecule has 1 heterocycles. The van der Waals surface area contributed by atoms with Crippen LogP contribution in [0.4, 0.5) is 0 Å². The van der Waals surface area contributed by atoms with Gasteiger partial charge in [0.1, 0.15) is 11.7 Å². The van der Waals surface area contributed by atoms with Crippen LogP contribution in [0.25, 0.3) is 0 Å². The van der Waals surface area contributed by atoms with E-state index in [1.165, 1.54) is 0 Å². The topological polar surface area (TPSA) is 67.9 Å². The van der Waals surface area contributed by atoms with Gasteiger partial charge in [-0.3, -0.25) is 9.89 Å². The van der Waals surface area contributed by atoms with Crippen molar-refractivity contribution in [2.24, 2.45) is 0 Å². The Morgan fingerprint density at radius 1 is 1.29 bits per heavy atom. The molecular formula is C16H21N3O2. The maximum absolute atomic E-state index is 12.2. The number of ether oxygens (including phenoxy) is 1. The molecule has 1 atom stereocenters. The average molecular weight is 287 g/mol. The number of esters is 1. The number of hydrogen-bond donors (Lipinski definition) is 1. The number of nitrogens with one attached hydrogen (secondary N) is 1. The Morgan fingerprint density at radius 2 is 2.00 bits per heavy atom. The summed E-state index contributed by atoms with van der Waals surface area (Å²) in [6.07, 6.45) is 0.548. The highest BCUT2D eigenvalue weighted by atomic mass is 16.5. The molecular weight excluding hydrogens is 266 g/mol. The molecule has 21 heavy (non-hydrogen) atoms. The zero-order chi connectivity index (χ0) is 15.2. The van der Waals surface area contributed by atoms with Crippen molar-refractivity contribution >= 4 is 5.97 Å². The van der Waals surface area contributed by atoms with E-state index in [1.807, 2.05) is 44.2 Å². The van der Waals surface area contributed by atoms with Gasteiger partial charge in [-0.05, 0) is 18.9 Å². The van der Waals surface area contributed by atoms with Crippen molar-refractivity contribution in [2.75, 3.05) is 6.61 Å². The first kappa shape index (κ1) is 15.2. The van der Waals surface area contributed by atoms with Gasteiger partial charge in [0.25, 0.3) is 0 Å². The predicted molar refractivity (Wildman–Crippen MR) is 80.0 cm³/mol. The quantitative estimate of drug-likeness (QED) is 0.830. The fourth-order valence-corrected chi connectivity index (χ4v) is 2.09. The third-order valence-corrected chi connectivity index (χ3v) is 3.22. The first-order valence-corrected chi connectivity index (χ1v) is 7.24. The van der Waals surface area contributed by atoms with Gasteiger partial charge in [-0.25, -0.2) is 4.98 Å². The van der Waals surface area contributed by atoms with Gasteiger partial charge in [0, 0.05) is 5.92 Å². The summed E-state index contributed by atoms with van der Waals surface area (Å²) in [5.74, 6) is 0.781. The Morgan fingerprint density at radius 3 is 2.57 bits per heavy atom. The van der Waals surface area contributed by atoms with Crippen molar-refractivity contribution in [3.8, 4) is 0 Å². The zero-order valence-corrected chi connectivity index (χ0v) is 12.7. The van der Waals surface area contributed by atoms with Crippen LogP contribution in [0.2, 0.25) is 0 Å². The number of carbonyl (C=O) groups is 1. The second kappa shape index (κ2) is 7.02. The van der Waals surface area contributed by atoms with E-state index in [2.05, 4.69) is 15.2 Å². The SMILES string of the molecule is CCOC(=O)C(Cc1ccccc1)c1nc(C(C)C)n[nH]1. The fraction of sp³-hybridized carbons (Fsp3) is 0.438. The van der Waals surface area contributed by atoms with E-state index < -0.39 is 5.92 Å². The summed E-state index contributed by atoms with van der Waals surface area (Å²) in [6.45, 7) is 6.19. The Balaban J connectivity index is 2.24. The van der Waals surface area contributed by atoms with Crippen LogP contribution >= 0.6 is 0 Å². The lowest BCUT2D eigenvalue weighted by Gasteiger charge is -2.13. The summed E-state index contributed by atoms with van der Waals surface area (Å²) in [6, 6.07) is 9.85. The second-order valence-electron chi connectivity index (χ2n) is 5.23. The molecule has 5 nitrogen and oxygen atoms in total. The maximum atomic E-state index is 12.2. The zero-order valence-electron chi connectivity index (χ0n) is 12.7. The minimum Gasteiger partial charge on any atom is -0.465 e. The van der Waals surface area contributed by atoms with Crippen LogP contribution in [0.1, 0.15) is 49.8 Å². The third kappa shape index (κ3) is 3.90. The molecule has 1 unspecified atom stereocenters. The van der Waals surface area contributed by atoms with E-state index in [1.54, 1.807) is 6.92 Å². The number of benzene rings is 1. The summed E-state index contributed by atoms with van der Waals surface area (Å²) in [5, 5.41) is 7.06. The van der Waals surface area contributed by atoms with Gasteiger partial charge in [-0.1, -0.05) is 44.2 Å². The normalized spacial score (nSPS) is 12.4. The third-order valence-electron chi connectivity index (χ3n) is 3.22. The Bertz CT molecular complexity index is 578. The molecule has 112 valence electrons. The molecule has 0 saturated carbocycles. The van der Waals surface area contributed by atoms with Crippen LogP contribution in [0.15, 0.2) is 30.3 Å². The van der Waals surface area contributed by atoms with E-state index in [0.29, 0.717) is 24.7 Å². The first-order chi connectivity index (χ1) is 10.1. The molecule has 0 bridgehead atoms. The van der Waals surface area contributed by atoms with Gasteiger partial charge in [0.15, 0.2) is 5.82 Å². The van der Waals surface area contributed by atoms with Crippen molar-refractivity contribution in [1.29, 1.82) is 0 Å². The highest BCUT2D eigenvalue weighted by molar-refractivity contribution is 5.77. The Labute approximate surface area is 124 Å². The van der Waals surface area contributed by atoms with Gasteiger partial charge in [-0.15, -0.1) is 0 Å². The molecule has 0 saturated heterocycles. The molecule has 0 amide bonds. The van der Waals surface area contributed by atoms with Crippen LogP contribution in [0.3, 0.4) is 0 Å². The largest absolute Gasteiger partial charge is 0.465 e. The maximum Gasteiger partial charge on any atom is 0.317 e. The molecule has 0 fully saturated rings. The molecule has 0 radical (unpaired) electrons. The number of carbonyl (C=O) groups excluding carboxylic acids is 1. The number of aromatic nitrogens is 3. The van der Waals surface area contributed by atoms with E-state index in [-0.39, 0.29) is 11.9 Å². The van der Waals surface area contributed by atoms with Crippen molar-refractivity contribution < 1.29 is 9.53 Å². The van der Waals surface area contributed by atoms with Crippen LogP contribution < -0.4 is 0 Å². The molecule has 0 aliphatic rings. The van der Waals surface area contributed by atoms with Gasteiger partial charge in [0.2, 0.25) is 0 Å².